The third kappa shape index (κ3) is 0.797. The minimum Gasteiger partial charge on any atom is -0.399 e. The summed E-state index contributed by atoms with van der Waals surface area (Å²) in [5.41, 5.74) is 6.31. The second-order valence-electron chi connectivity index (χ2n) is 2.30. The maximum Gasteiger partial charge on any atom is 0.365 e. The average molecular weight is 150 g/mol. The van der Waals surface area contributed by atoms with Crippen LogP contribution in [0.25, 0.3) is 10.9 Å². The topological polar surface area (TPSA) is 72.0 Å². The van der Waals surface area contributed by atoms with Gasteiger partial charge in [-0.05, 0) is 18.2 Å². The number of hydrogen-bond acceptors (Lipinski definition) is 3. The van der Waals surface area contributed by atoms with Crippen LogP contribution in [0.2, 0.25) is 0 Å². The number of hydrogen-bond donors (Lipinski definition) is 2. The van der Waals surface area contributed by atoms with E-state index in [1.807, 2.05) is 0 Å². The largest absolute Gasteiger partial charge is 0.399 e. The molecular formula is C7H6N2O2. The predicted octanol–water partition coefficient (Wildman–Crippen LogP) is 0.703. The van der Waals surface area contributed by atoms with Crippen LogP contribution in [0.3, 0.4) is 0 Å². The molecule has 1 aromatic carbocycles. The molecule has 2 aromatic rings. The number of aromatic nitrogens is 1. The summed E-state index contributed by atoms with van der Waals surface area (Å²) < 4.78 is 4.53. The Bertz CT molecular complexity index is 441. The van der Waals surface area contributed by atoms with E-state index < -0.39 is 0 Å². The highest BCUT2D eigenvalue weighted by Gasteiger charge is 2.00. The first-order chi connectivity index (χ1) is 5.27. The highest BCUT2D eigenvalue weighted by Crippen LogP contribution is 2.10. The van der Waals surface area contributed by atoms with Crippen molar-refractivity contribution in [3.63, 3.8) is 0 Å². The van der Waals surface area contributed by atoms with Gasteiger partial charge in [0.15, 0.2) is 0 Å². The Labute approximate surface area is 61.6 Å². The van der Waals surface area contributed by atoms with E-state index in [9.17, 15) is 4.79 Å². The molecule has 1 aromatic heterocycles. The zero-order valence-electron chi connectivity index (χ0n) is 5.63. The number of nitrogens with two attached hydrogens (primary N) is 1. The number of nitrogen functional groups attached to an aromatic ring is 1. The molecule has 1 heterocycles. The van der Waals surface area contributed by atoms with Gasteiger partial charge >= 0.3 is 5.63 Å². The van der Waals surface area contributed by atoms with E-state index in [2.05, 4.69) is 9.68 Å². The SMILES string of the molecule is Nc1ccc2[nH]oc(=O)c2c1. The normalized spacial score (nSPS) is 10.5. The highest BCUT2D eigenvalue weighted by molar-refractivity contribution is 5.80. The van der Waals surface area contributed by atoms with Crippen LogP contribution in [-0.4, -0.2) is 5.16 Å². The minimum absolute atomic E-state index is 0.382. The van der Waals surface area contributed by atoms with Crippen molar-refractivity contribution >= 4 is 16.6 Å². The van der Waals surface area contributed by atoms with Gasteiger partial charge in [-0.3, -0.25) is 0 Å². The third-order valence-corrected chi connectivity index (χ3v) is 1.52. The molecule has 0 radical (unpaired) electrons. The molecule has 0 atom stereocenters. The van der Waals surface area contributed by atoms with Crippen LogP contribution in [0.1, 0.15) is 0 Å². The van der Waals surface area contributed by atoms with Gasteiger partial charge in [0, 0.05) is 5.69 Å². The maximum absolute atomic E-state index is 10.9. The summed E-state index contributed by atoms with van der Waals surface area (Å²) in [6.45, 7) is 0. The number of benzene rings is 1. The summed E-state index contributed by atoms with van der Waals surface area (Å²) in [6.07, 6.45) is 0. The van der Waals surface area contributed by atoms with E-state index in [0.29, 0.717) is 16.6 Å². The first-order valence-electron chi connectivity index (χ1n) is 3.14. The molecule has 0 spiro atoms. The van der Waals surface area contributed by atoms with E-state index >= 15 is 0 Å². The maximum atomic E-state index is 10.9. The van der Waals surface area contributed by atoms with Gasteiger partial charge < -0.3 is 10.3 Å². The molecule has 0 amide bonds. The minimum atomic E-state index is -0.382. The molecule has 0 fully saturated rings. The molecule has 0 unspecified atom stereocenters. The lowest BCUT2D eigenvalue weighted by molar-refractivity contribution is 0.400. The highest BCUT2D eigenvalue weighted by atomic mass is 16.5. The van der Waals surface area contributed by atoms with Crippen molar-refractivity contribution in [2.45, 2.75) is 0 Å². The molecule has 2 rings (SSSR count). The molecule has 0 aliphatic heterocycles. The summed E-state index contributed by atoms with van der Waals surface area (Å²) in [5, 5.41) is 2.96. The monoisotopic (exact) mass is 150 g/mol. The van der Waals surface area contributed by atoms with Gasteiger partial charge in [-0.15, -0.1) is 0 Å². The average Bonchev–Trinajstić information content (AvgIpc) is 2.33. The van der Waals surface area contributed by atoms with E-state index in [0.717, 1.165) is 0 Å². The fraction of sp³-hybridized carbons (Fsp3) is 0. The fourth-order valence-electron chi connectivity index (χ4n) is 0.976. The standard InChI is InChI=1S/C7H6N2O2/c8-4-1-2-6-5(3-4)7(10)11-9-6/h1-3,9H,8H2. The van der Waals surface area contributed by atoms with Crippen molar-refractivity contribution in [2.75, 3.05) is 5.73 Å². The van der Waals surface area contributed by atoms with Crippen molar-refractivity contribution in [1.29, 1.82) is 0 Å². The lowest BCUT2D eigenvalue weighted by Gasteiger charge is -1.88. The lowest BCUT2D eigenvalue weighted by Crippen LogP contribution is -1.92. The molecule has 0 saturated carbocycles. The van der Waals surface area contributed by atoms with Crippen LogP contribution in [0.15, 0.2) is 27.5 Å². The van der Waals surface area contributed by atoms with Crippen LogP contribution >= 0.6 is 0 Å². The Morgan fingerprint density at radius 2 is 2.27 bits per heavy atom. The molecule has 4 nitrogen and oxygen atoms in total. The Morgan fingerprint density at radius 3 is 3.09 bits per heavy atom. The van der Waals surface area contributed by atoms with Gasteiger partial charge in [0.1, 0.15) is 0 Å². The van der Waals surface area contributed by atoms with Crippen molar-refractivity contribution in [2.24, 2.45) is 0 Å². The molecule has 3 N–H and O–H groups in total. The zero-order valence-corrected chi connectivity index (χ0v) is 5.63. The number of H-pyrrole nitrogens is 1. The van der Waals surface area contributed by atoms with Crippen molar-refractivity contribution in [3.8, 4) is 0 Å². The van der Waals surface area contributed by atoms with Gasteiger partial charge in [-0.2, -0.15) is 0 Å². The molecule has 0 aliphatic carbocycles. The smallest absolute Gasteiger partial charge is 0.365 e. The van der Waals surface area contributed by atoms with E-state index in [1.54, 1.807) is 18.2 Å². The van der Waals surface area contributed by atoms with Crippen molar-refractivity contribution < 1.29 is 4.52 Å². The second-order valence-corrected chi connectivity index (χ2v) is 2.30. The third-order valence-electron chi connectivity index (χ3n) is 1.52. The molecule has 0 bridgehead atoms. The van der Waals surface area contributed by atoms with Crippen LogP contribution in [-0.2, 0) is 0 Å². The van der Waals surface area contributed by atoms with Gasteiger partial charge in [-0.25, -0.2) is 9.95 Å². The Balaban J connectivity index is 2.99. The quantitative estimate of drug-likeness (QED) is 0.543. The number of anilines is 1. The molecule has 0 saturated heterocycles. The summed E-state index contributed by atoms with van der Waals surface area (Å²) in [7, 11) is 0. The number of aromatic amines is 1. The molecule has 56 valence electrons. The van der Waals surface area contributed by atoms with Gasteiger partial charge in [0.2, 0.25) is 0 Å². The Kier molecular flexibility index (Phi) is 1.03. The van der Waals surface area contributed by atoms with Gasteiger partial charge in [-0.1, -0.05) is 0 Å². The van der Waals surface area contributed by atoms with Crippen LogP contribution in [0.4, 0.5) is 5.69 Å². The molecule has 4 heteroatoms. The first kappa shape index (κ1) is 6.03. The number of fused-ring (bicyclic) bond motifs is 1. The molecule has 0 aliphatic rings. The van der Waals surface area contributed by atoms with Crippen LogP contribution in [0, 0.1) is 0 Å². The van der Waals surface area contributed by atoms with E-state index in [-0.39, 0.29) is 5.63 Å². The van der Waals surface area contributed by atoms with Crippen molar-refractivity contribution in [1.82, 2.24) is 5.16 Å². The summed E-state index contributed by atoms with van der Waals surface area (Å²) in [6, 6.07) is 4.99. The van der Waals surface area contributed by atoms with E-state index in [4.69, 9.17) is 5.73 Å². The molecule has 11 heavy (non-hydrogen) atoms. The fourth-order valence-corrected chi connectivity index (χ4v) is 0.976. The lowest BCUT2D eigenvalue weighted by atomic mass is 10.2. The van der Waals surface area contributed by atoms with Gasteiger partial charge in [0.25, 0.3) is 0 Å². The summed E-state index contributed by atoms with van der Waals surface area (Å²) in [5.74, 6) is 0. The predicted molar refractivity (Wildman–Crippen MR) is 41.2 cm³/mol. The van der Waals surface area contributed by atoms with Crippen LogP contribution in [0.5, 0.6) is 0 Å². The first-order valence-corrected chi connectivity index (χ1v) is 3.14. The summed E-state index contributed by atoms with van der Waals surface area (Å²) >= 11 is 0. The zero-order chi connectivity index (χ0) is 7.84. The van der Waals surface area contributed by atoms with Gasteiger partial charge in [0.05, 0.1) is 10.9 Å². The number of nitrogens with one attached hydrogen (secondary N) is 1. The Morgan fingerprint density at radius 1 is 1.45 bits per heavy atom. The van der Waals surface area contributed by atoms with E-state index in [1.165, 1.54) is 0 Å². The Hall–Kier alpha value is -1.71. The van der Waals surface area contributed by atoms with Crippen molar-refractivity contribution in [3.05, 3.63) is 28.6 Å². The van der Waals surface area contributed by atoms with Crippen LogP contribution < -0.4 is 11.4 Å². The number of rotatable bonds is 0. The summed E-state index contributed by atoms with van der Waals surface area (Å²) in [4.78, 5) is 10.9. The second kappa shape index (κ2) is 1.88. The molecular weight excluding hydrogens is 144 g/mol.